The van der Waals surface area contributed by atoms with Crippen molar-refractivity contribution in [2.75, 3.05) is 11.9 Å². The summed E-state index contributed by atoms with van der Waals surface area (Å²) >= 11 is 0. The fraction of sp³-hybridized carbons (Fsp3) is 0.625. The maximum Gasteiger partial charge on any atom is 0.309 e. The van der Waals surface area contributed by atoms with Gasteiger partial charge in [-0.3, -0.25) is 14.4 Å². The van der Waals surface area contributed by atoms with Crippen LogP contribution in [-0.2, 0) is 14.3 Å². The van der Waals surface area contributed by atoms with Gasteiger partial charge >= 0.3 is 5.97 Å². The first-order chi connectivity index (χ1) is 13.4. The highest BCUT2D eigenvalue weighted by atomic mass is 16.5. The van der Waals surface area contributed by atoms with Gasteiger partial charge in [-0.05, 0) is 61.3 Å². The molecule has 1 aromatic carbocycles. The SMILES string of the molecule is CC(C)(C)C(=O)Nc1ccc(C(=O)COC(=O)C2CCC(C(C)(C)C)CC2)cc1. The highest BCUT2D eigenvalue weighted by Crippen LogP contribution is 2.40. The van der Waals surface area contributed by atoms with Crippen molar-refractivity contribution in [1.29, 1.82) is 0 Å². The smallest absolute Gasteiger partial charge is 0.309 e. The number of carbonyl (C=O) groups is 3. The Morgan fingerprint density at radius 1 is 0.931 bits per heavy atom. The normalized spacial score (nSPS) is 20.1. The summed E-state index contributed by atoms with van der Waals surface area (Å²) in [6, 6.07) is 6.66. The van der Waals surface area contributed by atoms with Crippen LogP contribution >= 0.6 is 0 Å². The third-order valence-corrected chi connectivity index (χ3v) is 5.78. The Morgan fingerprint density at radius 2 is 1.48 bits per heavy atom. The number of ether oxygens (including phenoxy) is 1. The number of Topliss-reactive ketones (excluding diaryl/α,β-unsaturated/α-hetero) is 1. The second kappa shape index (κ2) is 9.10. The first kappa shape index (κ1) is 23.1. The third-order valence-electron chi connectivity index (χ3n) is 5.78. The summed E-state index contributed by atoms with van der Waals surface area (Å²) in [7, 11) is 0. The van der Waals surface area contributed by atoms with Crippen molar-refractivity contribution in [1.82, 2.24) is 0 Å². The minimum atomic E-state index is -0.491. The van der Waals surface area contributed by atoms with Gasteiger partial charge in [0.15, 0.2) is 12.4 Å². The molecule has 0 atom stereocenters. The van der Waals surface area contributed by atoms with Gasteiger partial charge in [0.2, 0.25) is 5.91 Å². The molecule has 0 radical (unpaired) electrons. The Morgan fingerprint density at radius 3 is 1.97 bits per heavy atom. The van der Waals surface area contributed by atoms with E-state index < -0.39 is 5.41 Å². The largest absolute Gasteiger partial charge is 0.457 e. The van der Waals surface area contributed by atoms with Crippen LogP contribution in [0.2, 0.25) is 0 Å². The molecular formula is C24H35NO4. The number of esters is 1. The van der Waals surface area contributed by atoms with Crippen molar-refractivity contribution >= 4 is 23.3 Å². The fourth-order valence-electron chi connectivity index (χ4n) is 3.59. The standard InChI is InChI=1S/C24H35NO4/c1-23(2,3)18-11-7-17(8-12-18)21(27)29-15-20(26)16-9-13-19(14-10-16)25-22(28)24(4,5)6/h9-10,13-14,17-18H,7-8,11-12,15H2,1-6H3,(H,25,28). The van der Waals surface area contributed by atoms with Crippen molar-refractivity contribution in [2.24, 2.45) is 22.7 Å². The number of rotatable bonds is 5. The third kappa shape index (κ3) is 6.69. The van der Waals surface area contributed by atoms with Crippen molar-refractivity contribution in [3.05, 3.63) is 29.8 Å². The van der Waals surface area contributed by atoms with Gasteiger partial charge in [-0.2, -0.15) is 0 Å². The van der Waals surface area contributed by atoms with Crippen LogP contribution in [-0.4, -0.2) is 24.3 Å². The second-order valence-corrected chi connectivity index (χ2v) is 10.2. The van der Waals surface area contributed by atoms with Crippen LogP contribution in [0.1, 0.15) is 77.6 Å². The molecule has 1 aliphatic rings. The molecule has 1 amide bonds. The van der Waals surface area contributed by atoms with Crippen molar-refractivity contribution < 1.29 is 19.1 Å². The first-order valence-corrected chi connectivity index (χ1v) is 10.5. The van der Waals surface area contributed by atoms with Gasteiger partial charge < -0.3 is 10.1 Å². The molecule has 0 unspecified atom stereocenters. The number of benzene rings is 1. The van der Waals surface area contributed by atoms with E-state index >= 15 is 0 Å². The van der Waals surface area contributed by atoms with E-state index in [0.29, 0.717) is 17.2 Å². The molecule has 1 N–H and O–H groups in total. The van der Waals surface area contributed by atoms with Gasteiger partial charge in [-0.15, -0.1) is 0 Å². The summed E-state index contributed by atoms with van der Waals surface area (Å²) < 4.78 is 5.30. The fourth-order valence-corrected chi connectivity index (χ4v) is 3.59. The average Bonchev–Trinajstić information content (AvgIpc) is 2.65. The number of amides is 1. The van der Waals surface area contributed by atoms with Crippen LogP contribution in [0.15, 0.2) is 24.3 Å². The zero-order valence-electron chi connectivity index (χ0n) is 18.6. The molecule has 1 fully saturated rings. The Bertz CT molecular complexity index is 730. The van der Waals surface area contributed by atoms with E-state index in [1.807, 2.05) is 20.8 Å². The van der Waals surface area contributed by atoms with Gasteiger partial charge in [-0.1, -0.05) is 41.5 Å². The average molecular weight is 402 g/mol. The number of hydrogen-bond acceptors (Lipinski definition) is 4. The molecule has 0 spiro atoms. The van der Waals surface area contributed by atoms with E-state index in [4.69, 9.17) is 4.74 Å². The molecule has 5 nitrogen and oxygen atoms in total. The van der Waals surface area contributed by atoms with Crippen LogP contribution in [0.25, 0.3) is 0 Å². The highest BCUT2D eigenvalue weighted by molar-refractivity contribution is 5.99. The summed E-state index contributed by atoms with van der Waals surface area (Å²) in [5, 5.41) is 2.82. The van der Waals surface area contributed by atoms with Gasteiger partial charge in [0, 0.05) is 16.7 Å². The number of anilines is 1. The molecule has 0 saturated heterocycles. The lowest BCUT2D eigenvalue weighted by atomic mass is 9.70. The number of ketones is 1. The molecule has 1 saturated carbocycles. The van der Waals surface area contributed by atoms with E-state index in [2.05, 4.69) is 26.1 Å². The highest BCUT2D eigenvalue weighted by Gasteiger charge is 2.33. The molecule has 160 valence electrons. The number of nitrogens with one attached hydrogen (secondary N) is 1. The predicted octanol–water partition coefficient (Wildman–Crippen LogP) is 5.25. The maximum absolute atomic E-state index is 12.3. The molecular weight excluding hydrogens is 366 g/mol. The van der Waals surface area contributed by atoms with E-state index in [1.165, 1.54) is 0 Å². The molecule has 0 aromatic heterocycles. The van der Waals surface area contributed by atoms with Crippen molar-refractivity contribution in [3.8, 4) is 0 Å². The minimum absolute atomic E-state index is 0.0910. The Kier molecular flexibility index (Phi) is 7.25. The molecule has 2 rings (SSSR count). The maximum atomic E-state index is 12.3. The van der Waals surface area contributed by atoms with Gasteiger partial charge in [0.05, 0.1) is 5.92 Å². The van der Waals surface area contributed by atoms with E-state index in [-0.39, 0.29) is 35.6 Å². The van der Waals surface area contributed by atoms with Gasteiger partial charge in [0.1, 0.15) is 0 Å². The number of hydrogen-bond donors (Lipinski definition) is 1. The summed E-state index contributed by atoms with van der Waals surface area (Å²) in [4.78, 5) is 36.7. The summed E-state index contributed by atoms with van der Waals surface area (Å²) in [5.74, 6) is -0.0660. The van der Waals surface area contributed by atoms with Gasteiger partial charge in [-0.25, -0.2) is 0 Å². The molecule has 0 aliphatic heterocycles. The summed E-state index contributed by atoms with van der Waals surface area (Å²) in [6.07, 6.45) is 3.71. The van der Waals surface area contributed by atoms with Gasteiger partial charge in [0.25, 0.3) is 0 Å². The topological polar surface area (TPSA) is 72.5 Å². The Hall–Kier alpha value is -2.17. The summed E-state index contributed by atoms with van der Waals surface area (Å²) in [5.41, 5.74) is 0.870. The summed E-state index contributed by atoms with van der Waals surface area (Å²) in [6.45, 7) is 12.0. The van der Waals surface area contributed by atoms with Crippen molar-refractivity contribution in [3.63, 3.8) is 0 Å². The van der Waals surface area contributed by atoms with Crippen LogP contribution in [0.4, 0.5) is 5.69 Å². The van der Waals surface area contributed by atoms with E-state index in [0.717, 1.165) is 25.7 Å². The van der Waals surface area contributed by atoms with E-state index in [1.54, 1.807) is 24.3 Å². The zero-order valence-corrected chi connectivity index (χ0v) is 18.6. The predicted molar refractivity (Wildman–Crippen MR) is 115 cm³/mol. The van der Waals surface area contributed by atoms with Crippen LogP contribution in [0.3, 0.4) is 0 Å². The second-order valence-electron chi connectivity index (χ2n) is 10.2. The number of carbonyl (C=O) groups excluding carboxylic acids is 3. The molecule has 1 aliphatic carbocycles. The minimum Gasteiger partial charge on any atom is -0.457 e. The Balaban J connectivity index is 1.82. The molecule has 29 heavy (non-hydrogen) atoms. The quantitative estimate of drug-likeness (QED) is 0.540. The van der Waals surface area contributed by atoms with Crippen LogP contribution in [0.5, 0.6) is 0 Å². The molecule has 0 bridgehead atoms. The van der Waals surface area contributed by atoms with Crippen LogP contribution in [0, 0.1) is 22.7 Å². The molecule has 1 aromatic rings. The molecule has 5 heteroatoms. The monoisotopic (exact) mass is 401 g/mol. The van der Waals surface area contributed by atoms with Crippen LogP contribution < -0.4 is 5.32 Å². The zero-order chi connectivity index (χ0) is 21.8. The lowest BCUT2D eigenvalue weighted by molar-refractivity contribution is -0.149. The molecule has 0 heterocycles. The lowest BCUT2D eigenvalue weighted by Gasteiger charge is -2.36. The first-order valence-electron chi connectivity index (χ1n) is 10.5. The van der Waals surface area contributed by atoms with E-state index in [9.17, 15) is 14.4 Å². The van der Waals surface area contributed by atoms with Crippen molar-refractivity contribution in [2.45, 2.75) is 67.2 Å². The Labute approximate surface area is 174 Å². The lowest BCUT2D eigenvalue weighted by Crippen LogP contribution is -2.30.